The highest BCUT2D eigenvalue weighted by molar-refractivity contribution is 6.88. The van der Waals surface area contributed by atoms with Crippen LogP contribution in [-0.4, -0.2) is 13.1 Å². The summed E-state index contributed by atoms with van der Waals surface area (Å²) in [6.45, 7) is 7.09. The second kappa shape index (κ2) is 8.65. The van der Waals surface area contributed by atoms with Gasteiger partial charge in [0.05, 0.1) is 13.8 Å². The Bertz CT molecular complexity index is 1970. The SMILES string of the molecule is C[Si](C)(C)c1ccc(-c2ccc3c4ccc(-c5cccc6ccccc56)cc4c4ccccc4c3c2)nc1. The van der Waals surface area contributed by atoms with Crippen LogP contribution >= 0.6 is 0 Å². The van der Waals surface area contributed by atoms with Gasteiger partial charge in [-0.25, -0.2) is 0 Å². The molecule has 0 unspecified atom stereocenters. The molecule has 1 heterocycles. The number of aromatic nitrogens is 1. The summed E-state index contributed by atoms with van der Waals surface area (Å²) in [7, 11) is -1.37. The van der Waals surface area contributed by atoms with Crippen LogP contribution < -0.4 is 5.19 Å². The van der Waals surface area contributed by atoms with Crippen LogP contribution in [0.4, 0.5) is 0 Å². The zero-order valence-electron chi connectivity index (χ0n) is 22.0. The van der Waals surface area contributed by atoms with Crippen molar-refractivity contribution < 1.29 is 0 Å². The van der Waals surface area contributed by atoms with Crippen molar-refractivity contribution in [3.05, 3.63) is 121 Å². The van der Waals surface area contributed by atoms with Crippen molar-refractivity contribution in [1.29, 1.82) is 0 Å². The minimum atomic E-state index is -1.37. The molecule has 0 aliphatic rings. The molecule has 0 aliphatic carbocycles. The summed E-state index contributed by atoms with van der Waals surface area (Å²) in [5, 5.41) is 11.7. The predicted molar refractivity (Wildman–Crippen MR) is 168 cm³/mol. The first kappa shape index (κ1) is 22.9. The minimum Gasteiger partial charge on any atom is -0.256 e. The topological polar surface area (TPSA) is 12.9 Å². The number of hydrogen-bond acceptors (Lipinski definition) is 1. The second-order valence-electron chi connectivity index (χ2n) is 11.3. The van der Waals surface area contributed by atoms with Gasteiger partial charge in [-0.1, -0.05) is 117 Å². The van der Waals surface area contributed by atoms with Crippen LogP contribution in [0.15, 0.2) is 121 Å². The van der Waals surface area contributed by atoms with E-state index in [1.54, 1.807) is 0 Å². The van der Waals surface area contributed by atoms with Gasteiger partial charge in [-0.2, -0.15) is 0 Å². The van der Waals surface area contributed by atoms with E-state index in [4.69, 9.17) is 4.98 Å². The van der Waals surface area contributed by atoms with Crippen molar-refractivity contribution in [2.45, 2.75) is 19.6 Å². The van der Waals surface area contributed by atoms with E-state index in [9.17, 15) is 0 Å². The lowest BCUT2D eigenvalue weighted by Crippen LogP contribution is -2.37. The van der Waals surface area contributed by atoms with E-state index in [0.717, 1.165) is 11.3 Å². The Balaban J connectivity index is 1.45. The van der Waals surface area contributed by atoms with E-state index in [1.807, 2.05) is 0 Å². The third-order valence-corrected chi connectivity index (χ3v) is 9.89. The summed E-state index contributed by atoms with van der Waals surface area (Å²) in [5.74, 6) is 0. The molecule has 1 aromatic heterocycles. The molecule has 7 aromatic rings. The number of benzene rings is 6. The van der Waals surface area contributed by atoms with Crippen LogP contribution in [-0.2, 0) is 0 Å². The van der Waals surface area contributed by atoms with Crippen LogP contribution in [0.2, 0.25) is 19.6 Å². The Morgan fingerprint density at radius 3 is 1.71 bits per heavy atom. The van der Waals surface area contributed by atoms with E-state index in [-0.39, 0.29) is 0 Å². The van der Waals surface area contributed by atoms with Gasteiger partial charge in [0.1, 0.15) is 0 Å². The molecule has 0 aliphatic heterocycles. The molecule has 0 saturated heterocycles. The van der Waals surface area contributed by atoms with E-state index in [1.165, 1.54) is 59.4 Å². The number of hydrogen-bond donors (Lipinski definition) is 0. The van der Waals surface area contributed by atoms with Gasteiger partial charge >= 0.3 is 0 Å². The molecule has 0 amide bonds. The van der Waals surface area contributed by atoms with Crippen molar-refractivity contribution in [3.8, 4) is 22.4 Å². The summed E-state index contributed by atoms with van der Waals surface area (Å²) in [4.78, 5) is 4.87. The molecule has 0 N–H and O–H groups in total. The third-order valence-electron chi connectivity index (χ3n) is 7.86. The summed E-state index contributed by atoms with van der Waals surface area (Å²) in [6.07, 6.45) is 2.08. The first-order valence-electron chi connectivity index (χ1n) is 13.3. The normalized spacial score (nSPS) is 12.1. The van der Waals surface area contributed by atoms with E-state index in [0.29, 0.717) is 0 Å². The molecule has 2 heteroatoms. The van der Waals surface area contributed by atoms with Crippen molar-refractivity contribution in [3.63, 3.8) is 0 Å². The standard InChI is InChI=1S/C36H29NSi/c1-38(2,3)27-17-20-36(37-23-27)26-16-19-33-32-18-15-25(29-14-8-10-24-9-4-5-11-28(24)29)21-34(32)30-12-6-7-13-31(30)35(33)22-26/h4-23H,1-3H3. The van der Waals surface area contributed by atoms with E-state index < -0.39 is 8.07 Å². The van der Waals surface area contributed by atoms with E-state index in [2.05, 4.69) is 141 Å². The van der Waals surface area contributed by atoms with Crippen LogP contribution in [0, 0.1) is 0 Å². The zero-order valence-corrected chi connectivity index (χ0v) is 23.0. The number of rotatable bonds is 3. The van der Waals surface area contributed by atoms with Crippen molar-refractivity contribution in [2.75, 3.05) is 0 Å². The zero-order chi connectivity index (χ0) is 25.9. The van der Waals surface area contributed by atoms with Crippen LogP contribution in [0.5, 0.6) is 0 Å². The molecule has 0 fully saturated rings. The molecule has 1 nitrogen and oxygen atoms in total. The molecular weight excluding hydrogens is 474 g/mol. The second-order valence-corrected chi connectivity index (χ2v) is 16.4. The molecule has 0 spiro atoms. The molecule has 0 atom stereocenters. The lowest BCUT2D eigenvalue weighted by molar-refractivity contribution is 1.34. The number of fused-ring (bicyclic) bond motifs is 7. The lowest BCUT2D eigenvalue weighted by atomic mass is 9.90. The Morgan fingerprint density at radius 1 is 0.474 bits per heavy atom. The minimum absolute atomic E-state index is 1.03. The van der Waals surface area contributed by atoms with Gasteiger partial charge in [-0.05, 0) is 77.6 Å². The molecule has 182 valence electrons. The highest BCUT2D eigenvalue weighted by atomic mass is 28.3. The van der Waals surface area contributed by atoms with Crippen LogP contribution in [0.25, 0.3) is 65.5 Å². The average molecular weight is 504 g/mol. The van der Waals surface area contributed by atoms with E-state index >= 15 is 0 Å². The van der Waals surface area contributed by atoms with Gasteiger partial charge in [0.25, 0.3) is 0 Å². The summed E-state index contributed by atoms with van der Waals surface area (Å²) in [5.41, 5.74) is 4.72. The van der Waals surface area contributed by atoms with Gasteiger partial charge in [-0.3, -0.25) is 4.98 Å². The highest BCUT2D eigenvalue weighted by Gasteiger charge is 2.17. The van der Waals surface area contributed by atoms with Gasteiger partial charge in [0.15, 0.2) is 0 Å². The average Bonchev–Trinajstić information content (AvgIpc) is 2.96. The highest BCUT2D eigenvalue weighted by Crippen LogP contribution is 2.39. The van der Waals surface area contributed by atoms with Crippen molar-refractivity contribution >= 4 is 56.4 Å². The molecule has 0 radical (unpaired) electrons. The Labute approximate surface area is 224 Å². The third kappa shape index (κ3) is 3.72. The Hall–Kier alpha value is -4.27. The molecular formula is C36H29NSi. The molecule has 0 bridgehead atoms. The molecule has 38 heavy (non-hydrogen) atoms. The maximum Gasteiger partial charge on any atom is 0.0796 e. The molecule has 6 aromatic carbocycles. The van der Waals surface area contributed by atoms with Crippen molar-refractivity contribution in [2.24, 2.45) is 0 Å². The summed E-state index contributed by atoms with van der Waals surface area (Å²) < 4.78 is 0. The van der Waals surface area contributed by atoms with Crippen LogP contribution in [0.1, 0.15) is 0 Å². The quantitative estimate of drug-likeness (QED) is 0.173. The van der Waals surface area contributed by atoms with Gasteiger partial charge < -0.3 is 0 Å². The lowest BCUT2D eigenvalue weighted by Gasteiger charge is -2.16. The van der Waals surface area contributed by atoms with Crippen molar-refractivity contribution in [1.82, 2.24) is 4.98 Å². The smallest absolute Gasteiger partial charge is 0.0796 e. The maximum atomic E-state index is 4.87. The maximum absolute atomic E-state index is 4.87. The molecule has 7 rings (SSSR count). The van der Waals surface area contributed by atoms with Crippen LogP contribution in [0.3, 0.4) is 0 Å². The fourth-order valence-electron chi connectivity index (χ4n) is 5.77. The number of nitrogens with zero attached hydrogens (tertiary/aromatic N) is 1. The molecule has 0 saturated carbocycles. The first-order valence-corrected chi connectivity index (χ1v) is 16.8. The summed E-state index contributed by atoms with van der Waals surface area (Å²) in [6, 6.07) is 42.3. The number of pyridine rings is 1. The monoisotopic (exact) mass is 503 g/mol. The first-order chi connectivity index (χ1) is 18.5. The Kier molecular flexibility index (Phi) is 5.21. The fraction of sp³-hybridized carbons (Fsp3) is 0.0833. The van der Waals surface area contributed by atoms with Gasteiger partial charge in [-0.15, -0.1) is 0 Å². The fourth-order valence-corrected chi connectivity index (χ4v) is 6.80. The Morgan fingerprint density at radius 2 is 1.05 bits per heavy atom. The largest absolute Gasteiger partial charge is 0.256 e. The van der Waals surface area contributed by atoms with Gasteiger partial charge in [0, 0.05) is 11.8 Å². The van der Waals surface area contributed by atoms with Gasteiger partial charge in [0.2, 0.25) is 0 Å². The predicted octanol–water partition coefficient (Wildman–Crippen LogP) is 9.57. The summed E-state index contributed by atoms with van der Waals surface area (Å²) >= 11 is 0.